The Morgan fingerprint density at radius 3 is 2.80 bits per heavy atom. The number of nitrogens with two attached hydrogens (primary N) is 1. The number of nitrogens with one attached hydrogen (secondary N) is 1. The molecule has 154 valence electrons. The van der Waals surface area contributed by atoms with E-state index in [1.807, 2.05) is 30.3 Å². The van der Waals surface area contributed by atoms with Gasteiger partial charge in [-0.05, 0) is 41.5 Å². The quantitative estimate of drug-likeness (QED) is 0.604. The summed E-state index contributed by atoms with van der Waals surface area (Å²) in [5.41, 5.74) is 7.34. The van der Waals surface area contributed by atoms with Crippen molar-refractivity contribution in [2.45, 2.75) is 31.5 Å². The van der Waals surface area contributed by atoms with Crippen LogP contribution >= 0.6 is 0 Å². The van der Waals surface area contributed by atoms with Gasteiger partial charge >= 0.3 is 0 Å². The summed E-state index contributed by atoms with van der Waals surface area (Å²) in [6.45, 7) is 0.805. The number of amides is 2. The lowest BCUT2D eigenvalue weighted by Gasteiger charge is -2.26. The molecule has 1 aromatic heterocycles. The van der Waals surface area contributed by atoms with Crippen LogP contribution in [0.5, 0.6) is 0 Å². The summed E-state index contributed by atoms with van der Waals surface area (Å²) in [4.78, 5) is 31.1. The Morgan fingerprint density at radius 2 is 2.00 bits per heavy atom. The molecule has 7 nitrogen and oxygen atoms in total. The third-order valence-electron chi connectivity index (χ3n) is 5.51. The first-order valence-corrected chi connectivity index (χ1v) is 9.99. The molecule has 4 N–H and O–H groups in total. The SMILES string of the molecule is Nc1nccc2cc(CNC(=O)[C@@H]3CCCN3C(=O)[C@H](O)c3ccccc3)ccc12. The first-order valence-electron chi connectivity index (χ1n) is 9.99. The molecule has 4 rings (SSSR count). The molecule has 3 aromatic rings. The van der Waals surface area contributed by atoms with Gasteiger partial charge in [0.1, 0.15) is 11.9 Å². The van der Waals surface area contributed by atoms with Crippen LogP contribution in [0.4, 0.5) is 5.82 Å². The minimum atomic E-state index is -1.26. The normalized spacial score (nSPS) is 17.1. The van der Waals surface area contributed by atoms with Crippen molar-refractivity contribution in [2.75, 3.05) is 12.3 Å². The van der Waals surface area contributed by atoms with Gasteiger partial charge in [0.15, 0.2) is 6.10 Å². The number of pyridine rings is 1. The molecule has 0 bridgehead atoms. The molecular weight excluding hydrogens is 380 g/mol. The molecule has 0 spiro atoms. The smallest absolute Gasteiger partial charge is 0.256 e. The highest BCUT2D eigenvalue weighted by Crippen LogP contribution is 2.24. The fourth-order valence-electron chi connectivity index (χ4n) is 3.91. The van der Waals surface area contributed by atoms with Gasteiger partial charge in [-0.15, -0.1) is 0 Å². The van der Waals surface area contributed by atoms with Crippen LogP contribution in [-0.2, 0) is 16.1 Å². The van der Waals surface area contributed by atoms with Gasteiger partial charge in [-0.25, -0.2) is 4.98 Å². The van der Waals surface area contributed by atoms with E-state index in [0.717, 1.165) is 22.8 Å². The molecule has 2 heterocycles. The number of aliphatic hydroxyl groups excluding tert-OH is 1. The van der Waals surface area contributed by atoms with Gasteiger partial charge in [-0.1, -0.05) is 42.5 Å². The first kappa shape index (κ1) is 19.8. The molecule has 0 radical (unpaired) electrons. The third-order valence-corrected chi connectivity index (χ3v) is 5.51. The molecule has 1 fully saturated rings. The molecule has 1 aliphatic rings. The standard InChI is InChI=1S/C23H24N4O3/c24-21-18-9-8-15(13-17(18)10-11-25-21)14-26-22(29)19-7-4-12-27(19)23(30)20(28)16-5-2-1-3-6-16/h1-3,5-6,8-11,13,19-20,28H,4,7,12,14H2,(H2,24,25)(H,26,29)/t19-,20+/m0/s1. The Balaban J connectivity index is 1.42. The molecule has 7 heteroatoms. The van der Waals surface area contributed by atoms with Crippen molar-refractivity contribution >= 4 is 28.4 Å². The average Bonchev–Trinajstić information content (AvgIpc) is 3.27. The molecule has 0 saturated carbocycles. The van der Waals surface area contributed by atoms with Crippen LogP contribution in [0, 0.1) is 0 Å². The Morgan fingerprint density at radius 1 is 1.20 bits per heavy atom. The van der Waals surface area contributed by atoms with Crippen molar-refractivity contribution in [1.82, 2.24) is 15.2 Å². The highest BCUT2D eigenvalue weighted by atomic mass is 16.3. The number of carbonyl (C=O) groups is 2. The zero-order chi connectivity index (χ0) is 21.1. The van der Waals surface area contributed by atoms with E-state index in [4.69, 9.17) is 5.73 Å². The summed E-state index contributed by atoms with van der Waals surface area (Å²) < 4.78 is 0. The highest BCUT2D eigenvalue weighted by molar-refractivity contribution is 5.92. The Hall–Kier alpha value is -3.45. The number of anilines is 1. The molecule has 0 aliphatic carbocycles. The number of fused-ring (bicyclic) bond motifs is 1. The van der Waals surface area contributed by atoms with E-state index < -0.39 is 18.1 Å². The van der Waals surface area contributed by atoms with Crippen LogP contribution < -0.4 is 11.1 Å². The number of aromatic nitrogens is 1. The second kappa shape index (κ2) is 8.51. The second-order valence-corrected chi connectivity index (χ2v) is 7.47. The summed E-state index contributed by atoms with van der Waals surface area (Å²) in [7, 11) is 0. The molecule has 30 heavy (non-hydrogen) atoms. The maximum Gasteiger partial charge on any atom is 0.256 e. The maximum atomic E-state index is 12.8. The molecule has 2 atom stereocenters. The average molecular weight is 404 g/mol. The Bertz CT molecular complexity index is 1070. The number of nitrogen functional groups attached to an aromatic ring is 1. The van der Waals surface area contributed by atoms with E-state index in [0.29, 0.717) is 30.9 Å². The molecular formula is C23H24N4O3. The summed E-state index contributed by atoms with van der Waals surface area (Å²) >= 11 is 0. The Kier molecular flexibility index (Phi) is 5.63. The van der Waals surface area contributed by atoms with Gasteiger partial charge < -0.3 is 21.1 Å². The number of hydrogen-bond acceptors (Lipinski definition) is 5. The largest absolute Gasteiger partial charge is 0.383 e. The van der Waals surface area contributed by atoms with Crippen LogP contribution in [0.3, 0.4) is 0 Å². The van der Waals surface area contributed by atoms with E-state index >= 15 is 0 Å². The molecule has 1 aliphatic heterocycles. The Labute approximate surface area is 174 Å². The van der Waals surface area contributed by atoms with Crippen molar-refractivity contribution in [3.8, 4) is 0 Å². The van der Waals surface area contributed by atoms with Crippen LogP contribution in [-0.4, -0.2) is 39.4 Å². The van der Waals surface area contributed by atoms with Crippen molar-refractivity contribution in [1.29, 1.82) is 0 Å². The minimum absolute atomic E-state index is 0.213. The number of carbonyl (C=O) groups excluding carboxylic acids is 2. The van der Waals surface area contributed by atoms with Crippen molar-refractivity contribution in [2.24, 2.45) is 0 Å². The summed E-state index contributed by atoms with van der Waals surface area (Å²) in [5, 5.41) is 15.2. The number of nitrogens with zero attached hydrogens (tertiary/aromatic N) is 2. The fourth-order valence-corrected chi connectivity index (χ4v) is 3.91. The molecule has 2 aromatic carbocycles. The molecule has 2 amide bonds. The first-order chi connectivity index (χ1) is 14.5. The number of likely N-dealkylation sites (tertiary alicyclic amines) is 1. The summed E-state index contributed by atoms with van der Waals surface area (Å²) in [5.74, 6) is -0.178. The van der Waals surface area contributed by atoms with Crippen LogP contribution in [0.25, 0.3) is 10.8 Å². The number of hydrogen-bond donors (Lipinski definition) is 3. The number of aliphatic hydroxyl groups is 1. The van der Waals surface area contributed by atoms with Crippen LogP contribution in [0.15, 0.2) is 60.8 Å². The van der Waals surface area contributed by atoms with Gasteiger partial charge in [0, 0.05) is 24.7 Å². The monoisotopic (exact) mass is 404 g/mol. The lowest BCUT2D eigenvalue weighted by molar-refractivity contribution is -0.145. The third kappa shape index (κ3) is 3.97. The molecule has 0 unspecified atom stereocenters. The van der Waals surface area contributed by atoms with Crippen LogP contribution in [0.1, 0.15) is 30.1 Å². The predicted molar refractivity (Wildman–Crippen MR) is 114 cm³/mol. The fraction of sp³-hybridized carbons (Fsp3) is 0.261. The van der Waals surface area contributed by atoms with Gasteiger partial charge in [0.05, 0.1) is 0 Å². The van der Waals surface area contributed by atoms with E-state index in [1.54, 1.807) is 30.5 Å². The van der Waals surface area contributed by atoms with Gasteiger partial charge in [-0.3, -0.25) is 9.59 Å². The topological polar surface area (TPSA) is 109 Å². The lowest BCUT2D eigenvalue weighted by Crippen LogP contribution is -2.47. The summed E-state index contributed by atoms with van der Waals surface area (Å²) in [6.07, 6.45) is 1.70. The van der Waals surface area contributed by atoms with Gasteiger partial charge in [0.2, 0.25) is 5.91 Å². The summed E-state index contributed by atoms with van der Waals surface area (Å²) in [6, 6.07) is 15.8. The van der Waals surface area contributed by atoms with E-state index in [-0.39, 0.29) is 5.91 Å². The van der Waals surface area contributed by atoms with E-state index in [1.165, 1.54) is 4.90 Å². The molecule has 1 saturated heterocycles. The van der Waals surface area contributed by atoms with Crippen LogP contribution in [0.2, 0.25) is 0 Å². The van der Waals surface area contributed by atoms with Gasteiger partial charge in [-0.2, -0.15) is 0 Å². The van der Waals surface area contributed by atoms with E-state index in [2.05, 4.69) is 10.3 Å². The minimum Gasteiger partial charge on any atom is -0.383 e. The second-order valence-electron chi connectivity index (χ2n) is 7.47. The van der Waals surface area contributed by atoms with Crippen molar-refractivity contribution in [3.05, 3.63) is 71.9 Å². The number of benzene rings is 2. The van der Waals surface area contributed by atoms with Crippen molar-refractivity contribution < 1.29 is 14.7 Å². The van der Waals surface area contributed by atoms with E-state index in [9.17, 15) is 14.7 Å². The maximum absolute atomic E-state index is 12.8. The predicted octanol–water partition coefficient (Wildman–Crippen LogP) is 2.16. The zero-order valence-corrected chi connectivity index (χ0v) is 16.5. The zero-order valence-electron chi connectivity index (χ0n) is 16.5. The lowest BCUT2D eigenvalue weighted by atomic mass is 10.1. The van der Waals surface area contributed by atoms with Gasteiger partial charge in [0.25, 0.3) is 5.91 Å². The highest BCUT2D eigenvalue weighted by Gasteiger charge is 2.36. The number of rotatable bonds is 5. The van der Waals surface area contributed by atoms with Crippen molar-refractivity contribution in [3.63, 3.8) is 0 Å².